The van der Waals surface area contributed by atoms with Crippen LogP contribution in [0.25, 0.3) is 11.4 Å². The van der Waals surface area contributed by atoms with Gasteiger partial charge < -0.3 is 5.11 Å². The molecule has 0 unspecified atom stereocenters. The molecule has 3 aromatic rings. The number of hydrogen-bond acceptors (Lipinski definition) is 4. The van der Waals surface area contributed by atoms with E-state index in [0.29, 0.717) is 16.2 Å². The summed E-state index contributed by atoms with van der Waals surface area (Å²) in [5.41, 5.74) is 2.69. The number of aryl methyl sites for hydroxylation is 1. The van der Waals surface area contributed by atoms with Gasteiger partial charge >= 0.3 is 0 Å². The molecule has 0 aliphatic carbocycles. The van der Waals surface area contributed by atoms with Crippen LogP contribution in [0.15, 0.2) is 53.6 Å². The summed E-state index contributed by atoms with van der Waals surface area (Å²) in [5, 5.41) is 21.1. The van der Waals surface area contributed by atoms with Crippen molar-refractivity contribution in [2.45, 2.75) is 6.92 Å². The van der Waals surface area contributed by atoms with Gasteiger partial charge in [0.1, 0.15) is 5.75 Å². The number of aromatic hydroxyl groups is 1. The summed E-state index contributed by atoms with van der Waals surface area (Å²) in [6.45, 7) is 2.03. The average molecular weight is 310 g/mol. The summed E-state index contributed by atoms with van der Waals surface area (Å²) in [5.74, 6) is 0.787. The maximum atomic E-state index is 9.78. The molecular formula is C16H14N4OS. The third kappa shape index (κ3) is 2.82. The Morgan fingerprint density at radius 3 is 2.64 bits per heavy atom. The van der Waals surface area contributed by atoms with Gasteiger partial charge in [0.25, 0.3) is 0 Å². The molecule has 2 aromatic carbocycles. The van der Waals surface area contributed by atoms with Gasteiger partial charge in [-0.15, -0.1) is 0 Å². The molecule has 0 saturated carbocycles. The molecule has 0 spiro atoms. The van der Waals surface area contributed by atoms with Crippen molar-refractivity contribution in [3.63, 3.8) is 0 Å². The van der Waals surface area contributed by atoms with E-state index in [1.54, 1.807) is 24.4 Å². The fourth-order valence-corrected chi connectivity index (χ4v) is 2.18. The van der Waals surface area contributed by atoms with Crippen LogP contribution in [0.3, 0.4) is 0 Å². The van der Waals surface area contributed by atoms with E-state index < -0.39 is 0 Å². The molecule has 0 aliphatic rings. The molecule has 0 radical (unpaired) electrons. The second-order valence-electron chi connectivity index (χ2n) is 4.83. The Balaban J connectivity index is 2.01. The largest absolute Gasteiger partial charge is 0.507 e. The van der Waals surface area contributed by atoms with Gasteiger partial charge in [-0.25, -0.2) is 5.10 Å². The van der Waals surface area contributed by atoms with Crippen molar-refractivity contribution >= 4 is 18.4 Å². The molecule has 6 heteroatoms. The summed E-state index contributed by atoms with van der Waals surface area (Å²) in [7, 11) is 0. The molecule has 110 valence electrons. The highest BCUT2D eigenvalue weighted by Gasteiger charge is 2.07. The molecular weight excluding hydrogens is 296 g/mol. The van der Waals surface area contributed by atoms with E-state index in [1.165, 1.54) is 10.2 Å². The van der Waals surface area contributed by atoms with E-state index in [4.69, 9.17) is 12.2 Å². The Morgan fingerprint density at radius 2 is 1.91 bits per heavy atom. The Hall–Kier alpha value is -2.73. The highest BCUT2D eigenvalue weighted by molar-refractivity contribution is 7.71. The molecule has 0 amide bonds. The first-order valence-electron chi connectivity index (χ1n) is 6.72. The predicted molar refractivity (Wildman–Crippen MR) is 88.7 cm³/mol. The number of phenolic OH excluding ortho intramolecular Hbond substituents is 1. The van der Waals surface area contributed by atoms with Crippen LogP contribution in [0.4, 0.5) is 0 Å². The molecule has 0 bridgehead atoms. The van der Waals surface area contributed by atoms with Crippen molar-refractivity contribution in [1.82, 2.24) is 14.9 Å². The van der Waals surface area contributed by atoms with Crippen molar-refractivity contribution in [3.05, 3.63) is 64.4 Å². The van der Waals surface area contributed by atoms with Gasteiger partial charge in [0, 0.05) is 11.1 Å². The fourth-order valence-electron chi connectivity index (χ4n) is 2.00. The van der Waals surface area contributed by atoms with E-state index in [-0.39, 0.29) is 5.75 Å². The van der Waals surface area contributed by atoms with Crippen LogP contribution in [0.2, 0.25) is 0 Å². The minimum absolute atomic E-state index is 0.165. The summed E-state index contributed by atoms with van der Waals surface area (Å²) in [4.78, 5) is 0. The predicted octanol–water partition coefficient (Wildman–Crippen LogP) is 3.50. The second-order valence-corrected chi connectivity index (χ2v) is 5.22. The number of benzene rings is 2. The number of para-hydroxylation sites is 1. The fraction of sp³-hybridized carbons (Fsp3) is 0.0625. The van der Waals surface area contributed by atoms with Crippen molar-refractivity contribution in [2.75, 3.05) is 0 Å². The number of phenols is 1. The van der Waals surface area contributed by atoms with Crippen LogP contribution >= 0.6 is 12.2 Å². The molecule has 0 saturated heterocycles. The molecule has 2 N–H and O–H groups in total. The van der Waals surface area contributed by atoms with Crippen molar-refractivity contribution < 1.29 is 5.11 Å². The van der Waals surface area contributed by atoms with E-state index in [9.17, 15) is 5.11 Å². The zero-order valence-corrected chi connectivity index (χ0v) is 12.7. The number of nitrogens with zero attached hydrogens (tertiary/aromatic N) is 3. The van der Waals surface area contributed by atoms with E-state index >= 15 is 0 Å². The molecule has 0 fully saturated rings. The number of nitrogens with one attached hydrogen (secondary N) is 1. The topological polar surface area (TPSA) is 66.2 Å². The van der Waals surface area contributed by atoms with Crippen LogP contribution < -0.4 is 0 Å². The van der Waals surface area contributed by atoms with Crippen LogP contribution in [-0.2, 0) is 0 Å². The van der Waals surface area contributed by atoms with Gasteiger partial charge in [-0.1, -0.05) is 42.0 Å². The molecule has 22 heavy (non-hydrogen) atoms. The minimum atomic E-state index is 0.165. The number of hydrogen-bond donors (Lipinski definition) is 2. The van der Waals surface area contributed by atoms with Crippen LogP contribution in [0, 0.1) is 11.7 Å². The lowest BCUT2D eigenvalue weighted by molar-refractivity contribution is 0.474. The Labute approximate surface area is 132 Å². The lowest BCUT2D eigenvalue weighted by Crippen LogP contribution is -1.95. The zero-order chi connectivity index (χ0) is 15.5. The van der Waals surface area contributed by atoms with Gasteiger partial charge in [-0.3, -0.25) is 0 Å². The first-order chi connectivity index (χ1) is 10.6. The highest BCUT2D eigenvalue weighted by atomic mass is 32.1. The molecule has 0 atom stereocenters. The maximum absolute atomic E-state index is 9.78. The number of aromatic nitrogens is 3. The van der Waals surface area contributed by atoms with Crippen molar-refractivity contribution in [3.8, 4) is 17.1 Å². The standard InChI is InChI=1S/C16H14N4OS/c1-11-6-8-12(9-7-11)15-18-19-16(22)20(15)17-10-13-4-2-3-5-14(13)21/h2-10,21H,1H3,(H,19,22). The normalized spacial score (nSPS) is 11.1. The number of H-pyrrole nitrogens is 1. The lowest BCUT2D eigenvalue weighted by Gasteiger charge is -2.02. The van der Waals surface area contributed by atoms with Gasteiger partial charge in [-0.2, -0.15) is 14.9 Å². The third-order valence-corrected chi connectivity index (χ3v) is 3.47. The first-order valence-corrected chi connectivity index (χ1v) is 7.13. The van der Waals surface area contributed by atoms with Gasteiger partial charge in [0.15, 0.2) is 5.82 Å². The Kier molecular flexibility index (Phi) is 3.84. The summed E-state index contributed by atoms with van der Waals surface area (Å²) >= 11 is 5.22. The smallest absolute Gasteiger partial charge is 0.216 e. The van der Waals surface area contributed by atoms with E-state index in [2.05, 4.69) is 15.3 Å². The quantitative estimate of drug-likeness (QED) is 0.575. The van der Waals surface area contributed by atoms with Gasteiger partial charge in [0.05, 0.1) is 6.21 Å². The summed E-state index contributed by atoms with van der Waals surface area (Å²) in [6.07, 6.45) is 1.55. The second kappa shape index (κ2) is 5.95. The molecule has 1 aromatic heterocycles. The number of aromatic amines is 1. The molecule has 0 aliphatic heterocycles. The minimum Gasteiger partial charge on any atom is -0.507 e. The Bertz CT molecular complexity index is 878. The number of rotatable bonds is 3. The summed E-state index contributed by atoms with van der Waals surface area (Å²) in [6, 6.07) is 14.9. The van der Waals surface area contributed by atoms with Crippen molar-refractivity contribution in [2.24, 2.45) is 5.10 Å². The lowest BCUT2D eigenvalue weighted by atomic mass is 10.1. The molecule has 5 nitrogen and oxygen atoms in total. The van der Waals surface area contributed by atoms with E-state index in [1.807, 2.05) is 37.3 Å². The SMILES string of the molecule is Cc1ccc(-c2n[nH]c(=S)n2N=Cc2ccccc2O)cc1. The van der Waals surface area contributed by atoms with Crippen LogP contribution in [-0.4, -0.2) is 26.2 Å². The van der Waals surface area contributed by atoms with Crippen molar-refractivity contribution in [1.29, 1.82) is 0 Å². The van der Waals surface area contributed by atoms with Gasteiger partial charge in [0.2, 0.25) is 4.77 Å². The van der Waals surface area contributed by atoms with Crippen LogP contribution in [0.5, 0.6) is 5.75 Å². The third-order valence-electron chi connectivity index (χ3n) is 3.21. The van der Waals surface area contributed by atoms with E-state index in [0.717, 1.165) is 5.56 Å². The van der Waals surface area contributed by atoms with Gasteiger partial charge in [-0.05, 0) is 31.3 Å². The maximum Gasteiger partial charge on any atom is 0.216 e. The molecule has 1 heterocycles. The summed E-state index contributed by atoms with van der Waals surface area (Å²) < 4.78 is 1.93. The highest BCUT2D eigenvalue weighted by Crippen LogP contribution is 2.18. The Morgan fingerprint density at radius 1 is 1.18 bits per heavy atom. The van der Waals surface area contributed by atoms with Crippen LogP contribution in [0.1, 0.15) is 11.1 Å². The molecule has 3 rings (SSSR count). The first kappa shape index (κ1) is 14.2. The monoisotopic (exact) mass is 310 g/mol. The average Bonchev–Trinajstić information content (AvgIpc) is 2.88. The zero-order valence-electron chi connectivity index (χ0n) is 11.9.